The highest BCUT2D eigenvalue weighted by Crippen LogP contribution is 2.22. The number of carbonyl (C=O) groups is 1. The van der Waals surface area contributed by atoms with E-state index in [1.54, 1.807) is 7.11 Å². The molecule has 0 radical (unpaired) electrons. The molecule has 0 aliphatic carbocycles. The van der Waals surface area contributed by atoms with Crippen molar-refractivity contribution in [1.82, 2.24) is 0 Å². The van der Waals surface area contributed by atoms with Crippen LogP contribution in [-0.2, 0) is 9.53 Å². The summed E-state index contributed by atoms with van der Waals surface area (Å²) in [5, 5.41) is 2.90. The third-order valence-electron chi connectivity index (χ3n) is 3.42. The zero-order valence-electron chi connectivity index (χ0n) is 13.7. The van der Waals surface area contributed by atoms with Crippen LogP contribution < -0.4 is 10.1 Å². The second-order valence-electron chi connectivity index (χ2n) is 5.68. The fourth-order valence-electron chi connectivity index (χ4n) is 1.97. The van der Waals surface area contributed by atoms with Crippen LogP contribution in [0.2, 0.25) is 0 Å². The Morgan fingerprint density at radius 2 is 1.90 bits per heavy atom. The smallest absolute Gasteiger partial charge is 0.256 e. The molecule has 21 heavy (non-hydrogen) atoms. The molecule has 1 aromatic rings. The maximum absolute atomic E-state index is 12.4. The monoisotopic (exact) mass is 293 g/mol. The van der Waals surface area contributed by atoms with Crippen LogP contribution in [0.4, 0.5) is 5.69 Å². The highest BCUT2D eigenvalue weighted by molar-refractivity contribution is 5.97. The van der Waals surface area contributed by atoms with Gasteiger partial charge in [-0.25, -0.2) is 0 Å². The number of nitrogens with one attached hydrogen (secondary N) is 1. The summed E-state index contributed by atoms with van der Waals surface area (Å²) in [7, 11) is 1.58. The fourth-order valence-corrected chi connectivity index (χ4v) is 1.97. The van der Waals surface area contributed by atoms with Gasteiger partial charge < -0.3 is 14.8 Å². The first-order valence-electron chi connectivity index (χ1n) is 7.54. The minimum absolute atomic E-state index is 0.115. The average Bonchev–Trinajstić information content (AvgIpc) is 2.46. The summed E-state index contributed by atoms with van der Waals surface area (Å²) in [6.45, 7) is 7.89. The molecule has 0 aliphatic rings. The van der Waals surface area contributed by atoms with Crippen molar-refractivity contribution in [2.45, 2.75) is 58.7 Å². The predicted molar refractivity (Wildman–Crippen MR) is 85.8 cm³/mol. The fraction of sp³-hybridized carbons (Fsp3) is 0.588. The van der Waals surface area contributed by atoms with Gasteiger partial charge in [0.15, 0.2) is 0 Å². The van der Waals surface area contributed by atoms with Gasteiger partial charge in [0.2, 0.25) is 0 Å². The van der Waals surface area contributed by atoms with Crippen LogP contribution in [0, 0.1) is 0 Å². The molecular formula is C17H27NO3. The van der Waals surface area contributed by atoms with Gasteiger partial charge in [-0.3, -0.25) is 4.79 Å². The molecule has 1 amide bonds. The van der Waals surface area contributed by atoms with E-state index < -0.39 is 5.60 Å². The van der Waals surface area contributed by atoms with Crippen molar-refractivity contribution in [2.24, 2.45) is 0 Å². The number of benzene rings is 1. The zero-order valence-corrected chi connectivity index (χ0v) is 13.7. The van der Waals surface area contributed by atoms with Crippen LogP contribution in [0.25, 0.3) is 0 Å². The van der Waals surface area contributed by atoms with E-state index in [9.17, 15) is 4.79 Å². The lowest BCUT2D eigenvalue weighted by Gasteiger charge is -2.26. The summed E-state index contributed by atoms with van der Waals surface area (Å²) in [5.74, 6) is 0.680. The van der Waals surface area contributed by atoms with E-state index in [1.165, 1.54) is 0 Å². The second kappa shape index (κ2) is 8.03. The SMILES string of the molecule is CCCC[C@@](C)(OC)C(=O)Nc1ccc(OC(C)C)cc1. The summed E-state index contributed by atoms with van der Waals surface area (Å²) in [6.07, 6.45) is 2.84. The van der Waals surface area contributed by atoms with Crippen molar-refractivity contribution in [3.8, 4) is 5.75 Å². The summed E-state index contributed by atoms with van der Waals surface area (Å²) >= 11 is 0. The van der Waals surface area contributed by atoms with Crippen molar-refractivity contribution in [3.05, 3.63) is 24.3 Å². The van der Waals surface area contributed by atoms with Crippen LogP contribution in [0.1, 0.15) is 47.0 Å². The molecule has 0 unspecified atom stereocenters. The Morgan fingerprint density at radius 3 is 2.38 bits per heavy atom. The molecule has 0 fully saturated rings. The number of methoxy groups -OCH3 is 1. The molecule has 0 heterocycles. The Labute approximate surface area is 127 Å². The van der Waals surface area contributed by atoms with Gasteiger partial charge in [-0.2, -0.15) is 0 Å². The minimum Gasteiger partial charge on any atom is -0.491 e. The van der Waals surface area contributed by atoms with Crippen LogP contribution in [0.5, 0.6) is 5.75 Å². The molecule has 4 heteroatoms. The number of carbonyl (C=O) groups excluding carboxylic acids is 1. The molecule has 4 nitrogen and oxygen atoms in total. The molecule has 1 atom stereocenters. The van der Waals surface area contributed by atoms with E-state index in [0.717, 1.165) is 24.3 Å². The normalized spacial score (nSPS) is 13.8. The Bertz CT molecular complexity index is 442. The maximum Gasteiger partial charge on any atom is 0.256 e. The van der Waals surface area contributed by atoms with Crippen LogP contribution in [0.3, 0.4) is 0 Å². The highest BCUT2D eigenvalue weighted by Gasteiger charge is 2.32. The first kappa shape index (κ1) is 17.5. The van der Waals surface area contributed by atoms with Crippen molar-refractivity contribution in [1.29, 1.82) is 0 Å². The third kappa shape index (κ3) is 5.38. The van der Waals surface area contributed by atoms with E-state index in [4.69, 9.17) is 9.47 Å². The maximum atomic E-state index is 12.4. The molecule has 1 aromatic carbocycles. The molecule has 0 spiro atoms. The van der Waals surface area contributed by atoms with Gasteiger partial charge in [0.1, 0.15) is 11.4 Å². The molecule has 0 aromatic heterocycles. The number of hydrogen-bond acceptors (Lipinski definition) is 3. The molecule has 0 aliphatic heterocycles. The van der Waals surface area contributed by atoms with Crippen molar-refractivity contribution in [3.63, 3.8) is 0 Å². The zero-order chi connectivity index (χ0) is 15.9. The number of ether oxygens (including phenoxy) is 2. The molecule has 118 valence electrons. The predicted octanol–water partition coefficient (Wildman–Crippen LogP) is 4.01. The van der Waals surface area contributed by atoms with Crippen molar-refractivity contribution >= 4 is 11.6 Å². The summed E-state index contributed by atoms with van der Waals surface area (Å²) in [6, 6.07) is 7.38. The lowest BCUT2D eigenvalue weighted by Crippen LogP contribution is -2.41. The molecule has 0 saturated carbocycles. The van der Waals surface area contributed by atoms with Gasteiger partial charge in [0.05, 0.1) is 6.10 Å². The van der Waals surface area contributed by atoms with E-state index in [1.807, 2.05) is 45.0 Å². The Balaban J connectivity index is 2.68. The number of hydrogen-bond donors (Lipinski definition) is 1. The van der Waals surface area contributed by atoms with Gasteiger partial charge in [0, 0.05) is 12.8 Å². The van der Waals surface area contributed by atoms with E-state index in [0.29, 0.717) is 6.42 Å². The van der Waals surface area contributed by atoms with E-state index in [2.05, 4.69) is 12.2 Å². The number of unbranched alkanes of at least 4 members (excludes halogenated alkanes) is 1. The van der Waals surface area contributed by atoms with Crippen molar-refractivity contribution < 1.29 is 14.3 Å². The van der Waals surface area contributed by atoms with Gasteiger partial charge in [-0.15, -0.1) is 0 Å². The van der Waals surface area contributed by atoms with Gasteiger partial charge in [-0.1, -0.05) is 19.8 Å². The van der Waals surface area contributed by atoms with E-state index in [-0.39, 0.29) is 12.0 Å². The van der Waals surface area contributed by atoms with Gasteiger partial charge in [0.25, 0.3) is 5.91 Å². The van der Waals surface area contributed by atoms with Gasteiger partial charge >= 0.3 is 0 Å². The largest absolute Gasteiger partial charge is 0.491 e. The highest BCUT2D eigenvalue weighted by atomic mass is 16.5. The molecule has 0 bridgehead atoms. The Hall–Kier alpha value is -1.55. The number of anilines is 1. The molecular weight excluding hydrogens is 266 g/mol. The molecule has 1 rings (SSSR count). The topological polar surface area (TPSA) is 47.6 Å². The van der Waals surface area contributed by atoms with Crippen molar-refractivity contribution in [2.75, 3.05) is 12.4 Å². The first-order chi connectivity index (χ1) is 9.91. The molecule has 0 saturated heterocycles. The number of rotatable bonds is 8. The first-order valence-corrected chi connectivity index (χ1v) is 7.54. The quantitative estimate of drug-likeness (QED) is 0.788. The lowest BCUT2D eigenvalue weighted by atomic mass is 9.97. The lowest BCUT2D eigenvalue weighted by molar-refractivity contribution is -0.136. The Kier molecular flexibility index (Phi) is 6.69. The Morgan fingerprint density at radius 1 is 1.29 bits per heavy atom. The average molecular weight is 293 g/mol. The standard InChI is InChI=1S/C17H27NO3/c1-6-7-12-17(4,20-5)16(19)18-14-8-10-15(11-9-14)21-13(2)3/h8-11,13H,6-7,12H2,1-5H3,(H,18,19)/t17-/m1/s1. The number of amides is 1. The minimum atomic E-state index is -0.789. The summed E-state index contributed by atoms with van der Waals surface area (Å²) in [4.78, 5) is 12.4. The van der Waals surface area contributed by atoms with Crippen LogP contribution in [0.15, 0.2) is 24.3 Å². The van der Waals surface area contributed by atoms with Crippen LogP contribution >= 0.6 is 0 Å². The van der Waals surface area contributed by atoms with Gasteiger partial charge in [-0.05, 0) is 51.5 Å². The second-order valence-corrected chi connectivity index (χ2v) is 5.68. The van der Waals surface area contributed by atoms with E-state index >= 15 is 0 Å². The summed E-state index contributed by atoms with van der Waals surface area (Å²) in [5.41, 5.74) is -0.0424. The third-order valence-corrected chi connectivity index (χ3v) is 3.42. The molecule has 1 N–H and O–H groups in total. The summed E-state index contributed by atoms with van der Waals surface area (Å²) < 4.78 is 11.0. The van der Waals surface area contributed by atoms with Crippen LogP contribution in [-0.4, -0.2) is 24.7 Å².